The zero-order valence-electron chi connectivity index (χ0n) is 9.91. The fourth-order valence-corrected chi connectivity index (χ4v) is 2.04. The zero-order chi connectivity index (χ0) is 13.8. The fraction of sp³-hybridized carbons (Fsp3) is 0.0833. The van der Waals surface area contributed by atoms with Crippen LogP contribution in [0.2, 0.25) is 0 Å². The van der Waals surface area contributed by atoms with Gasteiger partial charge in [-0.1, -0.05) is 6.07 Å². The van der Waals surface area contributed by atoms with Crippen LogP contribution in [-0.4, -0.2) is 29.1 Å². The molecule has 1 aromatic carbocycles. The first-order chi connectivity index (χ1) is 9.10. The second-order valence-electron chi connectivity index (χ2n) is 3.53. The van der Waals surface area contributed by atoms with Crippen LogP contribution >= 0.6 is 11.3 Å². The van der Waals surface area contributed by atoms with E-state index in [0.717, 1.165) is 11.3 Å². The molecule has 0 fully saturated rings. The average Bonchev–Trinajstić information content (AvgIpc) is 2.87. The van der Waals surface area contributed by atoms with Crippen LogP contribution < -0.4 is 10.1 Å². The highest BCUT2D eigenvalue weighted by Gasteiger charge is 2.12. The van der Waals surface area contributed by atoms with Gasteiger partial charge in [-0.05, 0) is 18.2 Å². The van der Waals surface area contributed by atoms with Gasteiger partial charge in [-0.15, -0.1) is 11.3 Å². The molecule has 0 spiro atoms. The number of anilines is 1. The Hall–Kier alpha value is -2.41. The SMILES string of the molecule is COc1cccc(C(=O)Nc2nc(C(=O)O)cs2)c1. The van der Waals surface area contributed by atoms with Crippen molar-refractivity contribution in [2.45, 2.75) is 0 Å². The topological polar surface area (TPSA) is 88.5 Å². The van der Waals surface area contributed by atoms with E-state index in [1.54, 1.807) is 24.3 Å². The first kappa shape index (κ1) is 13.0. The van der Waals surface area contributed by atoms with Gasteiger partial charge in [0.05, 0.1) is 7.11 Å². The van der Waals surface area contributed by atoms with Gasteiger partial charge >= 0.3 is 5.97 Å². The Balaban J connectivity index is 2.13. The summed E-state index contributed by atoms with van der Waals surface area (Å²) in [6.45, 7) is 0. The van der Waals surface area contributed by atoms with Crippen LogP contribution in [-0.2, 0) is 0 Å². The summed E-state index contributed by atoms with van der Waals surface area (Å²) >= 11 is 1.06. The molecule has 1 heterocycles. The number of benzene rings is 1. The average molecular weight is 278 g/mol. The minimum absolute atomic E-state index is 0.0917. The number of carbonyl (C=O) groups is 2. The van der Waals surface area contributed by atoms with Crippen LogP contribution in [0.4, 0.5) is 5.13 Å². The van der Waals surface area contributed by atoms with Crippen LogP contribution in [0.3, 0.4) is 0 Å². The van der Waals surface area contributed by atoms with E-state index in [0.29, 0.717) is 11.3 Å². The molecule has 0 saturated heterocycles. The number of nitrogens with zero attached hydrogens (tertiary/aromatic N) is 1. The van der Waals surface area contributed by atoms with Crippen molar-refractivity contribution >= 4 is 28.3 Å². The zero-order valence-corrected chi connectivity index (χ0v) is 10.7. The maximum absolute atomic E-state index is 11.9. The number of hydrogen-bond acceptors (Lipinski definition) is 5. The van der Waals surface area contributed by atoms with Gasteiger partial charge in [0.1, 0.15) is 5.75 Å². The summed E-state index contributed by atoms with van der Waals surface area (Å²) in [5.74, 6) is -0.929. The lowest BCUT2D eigenvalue weighted by Crippen LogP contribution is -2.12. The Morgan fingerprint density at radius 2 is 2.21 bits per heavy atom. The number of carboxylic acid groups (broad SMARTS) is 1. The highest BCUT2D eigenvalue weighted by Crippen LogP contribution is 2.18. The number of carbonyl (C=O) groups excluding carboxylic acids is 1. The minimum atomic E-state index is -1.13. The molecule has 0 aliphatic carbocycles. The summed E-state index contributed by atoms with van der Waals surface area (Å²) in [4.78, 5) is 26.4. The number of ether oxygens (including phenoxy) is 1. The van der Waals surface area contributed by atoms with Gasteiger partial charge in [-0.25, -0.2) is 9.78 Å². The molecular formula is C12H10N2O4S. The number of methoxy groups -OCH3 is 1. The summed E-state index contributed by atoms with van der Waals surface area (Å²) in [6, 6.07) is 6.63. The first-order valence-electron chi connectivity index (χ1n) is 5.24. The van der Waals surface area contributed by atoms with Crippen molar-refractivity contribution in [1.29, 1.82) is 0 Å². The smallest absolute Gasteiger partial charge is 0.355 e. The number of rotatable bonds is 4. The van der Waals surface area contributed by atoms with E-state index in [1.807, 2.05) is 0 Å². The van der Waals surface area contributed by atoms with Gasteiger partial charge in [0.15, 0.2) is 10.8 Å². The monoisotopic (exact) mass is 278 g/mol. The van der Waals surface area contributed by atoms with Crippen molar-refractivity contribution in [2.24, 2.45) is 0 Å². The molecule has 19 heavy (non-hydrogen) atoms. The van der Waals surface area contributed by atoms with E-state index >= 15 is 0 Å². The van der Waals surface area contributed by atoms with E-state index in [2.05, 4.69) is 10.3 Å². The summed E-state index contributed by atoms with van der Waals surface area (Å²) in [6.07, 6.45) is 0. The van der Waals surface area contributed by atoms with Crippen LogP contribution in [0, 0.1) is 0 Å². The van der Waals surface area contributed by atoms with E-state index in [4.69, 9.17) is 9.84 Å². The fourth-order valence-electron chi connectivity index (χ4n) is 1.36. The number of hydrogen-bond donors (Lipinski definition) is 2. The van der Waals surface area contributed by atoms with Crippen LogP contribution in [0.5, 0.6) is 5.75 Å². The molecular weight excluding hydrogens is 268 g/mol. The number of thiazole rings is 1. The number of carboxylic acids is 1. The normalized spacial score (nSPS) is 9.95. The van der Waals surface area contributed by atoms with Crippen LogP contribution in [0.25, 0.3) is 0 Å². The van der Waals surface area contributed by atoms with Crippen LogP contribution in [0.15, 0.2) is 29.6 Å². The van der Waals surface area contributed by atoms with Gasteiger partial charge in [-0.2, -0.15) is 0 Å². The lowest BCUT2D eigenvalue weighted by atomic mass is 10.2. The van der Waals surface area contributed by atoms with Gasteiger partial charge in [0.2, 0.25) is 0 Å². The highest BCUT2D eigenvalue weighted by atomic mass is 32.1. The Morgan fingerprint density at radius 1 is 1.42 bits per heavy atom. The summed E-state index contributed by atoms with van der Waals surface area (Å²) in [7, 11) is 1.51. The van der Waals surface area contributed by atoms with Crippen molar-refractivity contribution < 1.29 is 19.4 Å². The Morgan fingerprint density at radius 3 is 2.84 bits per heavy atom. The Bertz CT molecular complexity index is 624. The van der Waals surface area contributed by atoms with E-state index in [9.17, 15) is 9.59 Å². The van der Waals surface area contributed by atoms with Crippen molar-refractivity contribution in [3.63, 3.8) is 0 Å². The van der Waals surface area contributed by atoms with Gasteiger partial charge in [-0.3, -0.25) is 10.1 Å². The number of aromatic carboxylic acids is 1. The molecule has 0 bridgehead atoms. The minimum Gasteiger partial charge on any atom is -0.497 e. The maximum Gasteiger partial charge on any atom is 0.355 e. The van der Waals surface area contributed by atoms with Crippen LogP contribution in [0.1, 0.15) is 20.8 Å². The molecule has 0 atom stereocenters. The lowest BCUT2D eigenvalue weighted by molar-refractivity contribution is 0.0691. The van der Waals surface area contributed by atoms with Gasteiger partial charge in [0.25, 0.3) is 5.91 Å². The van der Waals surface area contributed by atoms with Gasteiger partial charge < -0.3 is 9.84 Å². The number of amides is 1. The third kappa shape index (κ3) is 3.08. The molecule has 1 amide bonds. The van der Waals surface area contributed by atoms with Crippen molar-refractivity contribution in [1.82, 2.24) is 4.98 Å². The molecule has 2 aromatic rings. The molecule has 0 saturated carbocycles. The molecule has 1 aromatic heterocycles. The second-order valence-corrected chi connectivity index (χ2v) is 4.39. The van der Waals surface area contributed by atoms with E-state index in [-0.39, 0.29) is 16.7 Å². The highest BCUT2D eigenvalue weighted by molar-refractivity contribution is 7.14. The Kier molecular flexibility index (Phi) is 3.76. The molecule has 0 radical (unpaired) electrons. The lowest BCUT2D eigenvalue weighted by Gasteiger charge is -2.03. The molecule has 0 aliphatic rings. The van der Waals surface area contributed by atoms with E-state index in [1.165, 1.54) is 12.5 Å². The molecule has 2 N–H and O–H groups in total. The summed E-state index contributed by atoms with van der Waals surface area (Å²) < 4.78 is 5.02. The molecule has 98 valence electrons. The first-order valence-corrected chi connectivity index (χ1v) is 6.12. The molecule has 0 aliphatic heterocycles. The largest absolute Gasteiger partial charge is 0.497 e. The predicted octanol–water partition coefficient (Wildman–Crippen LogP) is 2.10. The molecule has 6 nitrogen and oxygen atoms in total. The summed E-state index contributed by atoms with van der Waals surface area (Å²) in [5.41, 5.74) is 0.317. The third-order valence-electron chi connectivity index (χ3n) is 2.28. The Labute approximate surface area is 112 Å². The molecule has 0 unspecified atom stereocenters. The summed E-state index contributed by atoms with van der Waals surface area (Å²) in [5, 5.41) is 12.9. The van der Waals surface area contributed by atoms with Crippen molar-refractivity contribution in [3.05, 3.63) is 40.9 Å². The quantitative estimate of drug-likeness (QED) is 0.894. The van der Waals surface area contributed by atoms with Crippen molar-refractivity contribution in [2.75, 3.05) is 12.4 Å². The van der Waals surface area contributed by atoms with E-state index < -0.39 is 5.97 Å². The molecule has 7 heteroatoms. The predicted molar refractivity (Wildman–Crippen MR) is 70.0 cm³/mol. The maximum atomic E-state index is 11.9. The standard InChI is InChI=1S/C12H10N2O4S/c1-18-8-4-2-3-7(5-8)10(15)14-12-13-9(6-19-12)11(16)17/h2-6H,1H3,(H,16,17)(H,13,14,15). The second kappa shape index (κ2) is 5.49. The molecule has 2 rings (SSSR count). The van der Waals surface area contributed by atoms with Gasteiger partial charge in [0, 0.05) is 10.9 Å². The number of aromatic nitrogens is 1. The third-order valence-corrected chi connectivity index (χ3v) is 3.03. The number of nitrogens with one attached hydrogen (secondary N) is 1. The van der Waals surface area contributed by atoms with Crippen molar-refractivity contribution in [3.8, 4) is 5.75 Å².